The van der Waals surface area contributed by atoms with Gasteiger partial charge in [-0.15, -0.1) is 0 Å². The summed E-state index contributed by atoms with van der Waals surface area (Å²) in [6.07, 6.45) is 0. The monoisotopic (exact) mass is 316 g/mol. The maximum absolute atomic E-state index is 9.15. The average molecular weight is 317 g/mol. The predicted octanol–water partition coefficient (Wildman–Crippen LogP) is 3.91. The summed E-state index contributed by atoms with van der Waals surface area (Å²) in [7, 11) is 0. The van der Waals surface area contributed by atoms with Crippen molar-refractivity contribution in [3.8, 4) is 11.9 Å². The van der Waals surface area contributed by atoms with Crippen LogP contribution in [0.15, 0.2) is 34.8 Å². The van der Waals surface area contributed by atoms with Crippen molar-refractivity contribution in [2.24, 2.45) is 0 Å². The second-order valence-electron chi connectivity index (χ2n) is 4.29. The number of hydrogen-bond acceptors (Lipinski definition) is 3. The molecule has 1 heterocycles. The molecule has 0 fully saturated rings. The minimum Gasteiger partial charge on any atom is -0.472 e. The van der Waals surface area contributed by atoms with Crippen LogP contribution in [0.4, 0.5) is 0 Å². The van der Waals surface area contributed by atoms with Gasteiger partial charge in [0.15, 0.2) is 0 Å². The van der Waals surface area contributed by atoms with Crippen molar-refractivity contribution in [2.45, 2.75) is 20.5 Å². The van der Waals surface area contributed by atoms with Crippen LogP contribution in [-0.2, 0) is 6.61 Å². The van der Waals surface area contributed by atoms with Gasteiger partial charge in [-0.2, -0.15) is 5.26 Å². The summed E-state index contributed by atoms with van der Waals surface area (Å²) in [5.41, 5.74) is 3.28. The first-order valence-electron chi connectivity index (χ1n) is 5.85. The van der Waals surface area contributed by atoms with Crippen molar-refractivity contribution >= 4 is 15.9 Å². The van der Waals surface area contributed by atoms with Crippen molar-refractivity contribution in [1.82, 2.24) is 4.98 Å². The lowest BCUT2D eigenvalue weighted by Crippen LogP contribution is -2.02. The first-order chi connectivity index (χ1) is 9.10. The average Bonchev–Trinajstić information content (AvgIpc) is 2.37. The molecule has 2 rings (SSSR count). The SMILES string of the molecule is Cc1cc(C)c(C#N)c(OCc2ccc(Br)cc2)n1. The van der Waals surface area contributed by atoms with E-state index in [1.807, 2.05) is 44.2 Å². The van der Waals surface area contributed by atoms with E-state index < -0.39 is 0 Å². The van der Waals surface area contributed by atoms with E-state index in [0.717, 1.165) is 21.3 Å². The van der Waals surface area contributed by atoms with Gasteiger partial charge in [-0.05, 0) is 43.2 Å². The van der Waals surface area contributed by atoms with E-state index in [2.05, 4.69) is 27.0 Å². The topological polar surface area (TPSA) is 45.9 Å². The maximum atomic E-state index is 9.15. The van der Waals surface area contributed by atoms with Crippen LogP contribution >= 0.6 is 15.9 Å². The van der Waals surface area contributed by atoms with Crippen LogP contribution in [0.25, 0.3) is 0 Å². The summed E-state index contributed by atoms with van der Waals surface area (Å²) < 4.78 is 6.69. The van der Waals surface area contributed by atoms with Crippen LogP contribution < -0.4 is 4.74 Å². The summed E-state index contributed by atoms with van der Waals surface area (Å²) >= 11 is 3.39. The molecule has 2 aromatic rings. The molecule has 0 atom stereocenters. The minimum absolute atomic E-state index is 0.401. The molecule has 1 aromatic carbocycles. The molecule has 0 aliphatic heterocycles. The first-order valence-corrected chi connectivity index (χ1v) is 6.65. The largest absolute Gasteiger partial charge is 0.472 e. The van der Waals surface area contributed by atoms with E-state index in [0.29, 0.717) is 18.1 Å². The Hall–Kier alpha value is -1.86. The Morgan fingerprint density at radius 2 is 1.95 bits per heavy atom. The van der Waals surface area contributed by atoms with Gasteiger partial charge >= 0.3 is 0 Å². The van der Waals surface area contributed by atoms with E-state index in [-0.39, 0.29) is 0 Å². The highest BCUT2D eigenvalue weighted by Crippen LogP contribution is 2.21. The summed E-state index contributed by atoms with van der Waals surface area (Å²) in [5.74, 6) is 0.405. The number of hydrogen-bond donors (Lipinski definition) is 0. The Morgan fingerprint density at radius 3 is 2.58 bits per heavy atom. The first kappa shape index (κ1) is 13.6. The van der Waals surface area contributed by atoms with E-state index >= 15 is 0 Å². The number of nitriles is 1. The minimum atomic E-state index is 0.401. The van der Waals surface area contributed by atoms with Gasteiger partial charge in [0, 0.05) is 10.2 Å². The Kier molecular flexibility index (Phi) is 4.18. The van der Waals surface area contributed by atoms with Gasteiger partial charge in [0.25, 0.3) is 0 Å². The van der Waals surface area contributed by atoms with Crippen LogP contribution in [0.5, 0.6) is 5.88 Å². The molecule has 0 unspecified atom stereocenters. The predicted molar refractivity (Wildman–Crippen MR) is 76.9 cm³/mol. The molecule has 0 saturated heterocycles. The van der Waals surface area contributed by atoms with Crippen LogP contribution in [-0.4, -0.2) is 4.98 Å². The summed E-state index contributed by atoms with van der Waals surface area (Å²) in [4.78, 5) is 4.28. The van der Waals surface area contributed by atoms with Gasteiger partial charge in [-0.25, -0.2) is 4.98 Å². The number of aryl methyl sites for hydroxylation is 2. The summed E-state index contributed by atoms with van der Waals surface area (Å²) in [6, 6.07) is 11.9. The fourth-order valence-corrected chi connectivity index (χ4v) is 2.04. The molecule has 0 bridgehead atoms. The molecule has 0 amide bonds. The van der Waals surface area contributed by atoms with Gasteiger partial charge in [0.05, 0.1) is 0 Å². The zero-order valence-corrected chi connectivity index (χ0v) is 12.4. The van der Waals surface area contributed by atoms with Crippen LogP contribution in [0.1, 0.15) is 22.4 Å². The molecule has 19 heavy (non-hydrogen) atoms. The third kappa shape index (κ3) is 3.33. The smallest absolute Gasteiger partial charge is 0.232 e. The van der Waals surface area contributed by atoms with Gasteiger partial charge in [-0.1, -0.05) is 28.1 Å². The fraction of sp³-hybridized carbons (Fsp3) is 0.200. The normalized spacial score (nSPS) is 10.0. The number of rotatable bonds is 3. The van der Waals surface area contributed by atoms with Crippen LogP contribution in [0.2, 0.25) is 0 Å². The lowest BCUT2D eigenvalue weighted by molar-refractivity contribution is 0.292. The van der Waals surface area contributed by atoms with Gasteiger partial charge < -0.3 is 4.74 Å². The summed E-state index contributed by atoms with van der Waals surface area (Å²) in [6.45, 7) is 4.18. The van der Waals surface area contributed by atoms with E-state index in [4.69, 9.17) is 10.00 Å². The van der Waals surface area contributed by atoms with Gasteiger partial charge in [-0.3, -0.25) is 0 Å². The highest BCUT2D eigenvalue weighted by molar-refractivity contribution is 9.10. The van der Waals surface area contributed by atoms with E-state index in [9.17, 15) is 0 Å². The summed E-state index contributed by atoms with van der Waals surface area (Å²) in [5, 5.41) is 9.15. The number of ether oxygens (including phenoxy) is 1. The van der Waals surface area contributed by atoms with E-state index in [1.165, 1.54) is 0 Å². The van der Waals surface area contributed by atoms with Crippen molar-refractivity contribution in [1.29, 1.82) is 5.26 Å². The number of pyridine rings is 1. The molecular formula is C15H13BrN2O. The van der Waals surface area contributed by atoms with Crippen molar-refractivity contribution < 1.29 is 4.74 Å². The molecule has 1 aromatic heterocycles. The number of benzene rings is 1. The standard InChI is InChI=1S/C15H13BrN2O/c1-10-7-11(2)18-15(14(10)8-17)19-9-12-3-5-13(16)6-4-12/h3-7H,9H2,1-2H3. The van der Waals surface area contributed by atoms with Crippen molar-refractivity contribution in [3.05, 3.63) is 57.2 Å². The molecule has 4 heteroatoms. The van der Waals surface area contributed by atoms with Crippen LogP contribution in [0, 0.1) is 25.2 Å². The van der Waals surface area contributed by atoms with Crippen molar-refractivity contribution in [3.63, 3.8) is 0 Å². The second-order valence-corrected chi connectivity index (χ2v) is 5.20. The molecular weight excluding hydrogens is 304 g/mol. The zero-order valence-electron chi connectivity index (χ0n) is 10.8. The highest BCUT2D eigenvalue weighted by Gasteiger charge is 2.09. The Bertz CT molecular complexity index is 630. The lowest BCUT2D eigenvalue weighted by Gasteiger charge is -2.09. The Morgan fingerprint density at radius 1 is 1.26 bits per heavy atom. The second kappa shape index (κ2) is 5.85. The Balaban J connectivity index is 2.20. The highest BCUT2D eigenvalue weighted by atomic mass is 79.9. The molecule has 0 saturated carbocycles. The Labute approximate surface area is 121 Å². The van der Waals surface area contributed by atoms with Crippen molar-refractivity contribution in [2.75, 3.05) is 0 Å². The number of aromatic nitrogens is 1. The van der Waals surface area contributed by atoms with Gasteiger partial charge in [0.1, 0.15) is 18.2 Å². The number of nitrogens with zero attached hydrogens (tertiary/aromatic N) is 2. The third-order valence-corrected chi connectivity index (χ3v) is 3.24. The number of halogens is 1. The fourth-order valence-electron chi connectivity index (χ4n) is 1.78. The third-order valence-electron chi connectivity index (χ3n) is 2.71. The van der Waals surface area contributed by atoms with Crippen LogP contribution in [0.3, 0.4) is 0 Å². The quantitative estimate of drug-likeness (QED) is 0.862. The maximum Gasteiger partial charge on any atom is 0.232 e. The molecule has 0 N–H and O–H groups in total. The molecule has 96 valence electrons. The molecule has 0 spiro atoms. The molecule has 0 aliphatic rings. The van der Waals surface area contributed by atoms with E-state index in [1.54, 1.807) is 0 Å². The van der Waals surface area contributed by atoms with Gasteiger partial charge in [0.2, 0.25) is 5.88 Å². The lowest BCUT2D eigenvalue weighted by atomic mass is 10.1. The molecule has 0 radical (unpaired) electrons. The molecule has 3 nitrogen and oxygen atoms in total. The molecule has 0 aliphatic carbocycles. The zero-order chi connectivity index (χ0) is 13.8.